The number of carbonyl (C=O) groups is 1. The highest BCUT2D eigenvalue weighted by Crippen LogP contribution is 2.21. The molecular weight excluding hydrogens is 264 g/mol. The van der Waals surface area contributed by atoms with Crippen molar-refractivity contribution in [2.45, 2.75) is 76.9 Å². The van der Waals surface area contributed by atoms with Crippen LogP contribution < -0.4 is 11.2 Å². The molecule has 0 aromatic rings. The van der Waals surface area contributed by atoms with E-state index in [-0.39, 0.29) is 11.9 Å². The van der Waals surface area contributed by atoms with Crippen LogP contribution in [0.3, 0.4) is 0 Å². The predicted molar refractivity (Wildman–Crippen MR) is 85.6 cm³/mol. The number of piperidine rings is 2. The fourth-order valence-corrected chi connectivity index (χ4v) is 3.55. The molecule has 5 heteroatoms. The highest BCUT2D eigenvalue weighted by atomic mass is 16.2. The number of nitrogens with one attached hydrogen (secondary N) is 1. The molecule has 2 heterocycles. The molecule has 0 aromatic carbocycles. The molecular formula is C16H32N4O. The second kappa shape index (κ2) is 8.11. The topological polar surface area (TPSA) is 61.6 Å². The van der Waals surface area contributed by atoms with E-state index >= 15 is 0 Å². The fraction of sp³-hybridized carbons (Fsp3) is 0.938. The van der Waals surface area contributed by atoms with Gasteiger partial charge in [-0.2, -0.15) is 0 Å². The number of carbonyl (C=O) groups excluding carboxylic acids is 1. The van der Waals surface area contributed by atoms with Crippen molar-refractivity contribution in [3.63, 3.8) is 0 Å². The maximum Gasteiger partial charge on any atom is 0.224 e. The molecule has 0 aromatic heterocycles. The molecule has 2 rings (SSSR count). The highest BCUT2D eigenvalue weighted by molar-refractivity contribution is 5.76. The van der Waals surface area contributed by atoms with E-state index in [2.05, 4.69) is 24.3 Å². The Kier molecular flexibility index (Phi) is 6.45. The normalized spacial score (nSPS) is 29.4. The van der Waals surface area contributed by atoms with Crippen molar-refractivity contribution >= 4 is 5.91 Å². The van der Waals surface area contributed by atoms with Crippen molar-refractivity contribution in [1.29, 1.82) is 0 Å². The van der Waals surface area contributed by atoms with Crippen molar-refractivity contribution in [3.05, 3.63) is 0 Å². The minimum atomic E-state index is 0.0578. The fourth-order valence-electron chi connectivity index (χ4n) is 3.55. The third kappa shape index (κ3) is 4.66. The Balaban J connectivity index is 1.85. The first-order valence-corrected chi connectivity index (χ1v) is 8.64. The SMILES string of the molecule is CC1CCCC(C)N1NC(CN)CC(=O)N1CCCCC1. The lowest BCUT2D eigenvalue weighted by molar-refractivity contribution is -0.133. The van der Waals surface area contributed by atoms with Gasteiger partial charge in [0.25, 0.3) is 0 Å². The molecule has 0 bridgehead atoms. The van der Waals surface area contributed by atoms with Crippen LogP contribution in [-0.2, 0) is 4.79 Å². The molecule has 2 aliphatic heterocycles. The molecule has 0 radical (unpaired) electrons. The Morgan fingerprint density at radius 3 is 2.33 bits per heavy atom. The van der Waals surface area contributed by atoms with Crippen LogP contribution in [0.2, 0.25) is 0 Å². The molecule has 2 aliphatic rings. The van der Waals surface area contributed by atoms with E-state index in [4.69, 9.17) is 5.73 Å². The van der Waals surface area contributed by atoms with Gasteiger partial charge in [0.05, 0.1) is 0 Å². The van der Waals surface area contributed by atoms with Gasteiger partial charge in [-0.25, -0.2) is 10.4 Å². The molecule has 0 saturated carbocycles. The van der Waals surface area contributed by atoms with Crippen LogP contribution in [0.5, 0.6) is 0 Å². The molecule has 0 spiro atoms. The Morgan fingerprint density at radius 1 is 1.14 bits per heavy atom. The van der Waals surface area contributed by atoms with E-state index in [1.165, 1.54) is 25.7 Å². The maximum absolute atomic E-state index is 12.4. The molecule has 3 unspecified atom stereocenters. The van der Waals surface area contributed by atoms with Gasteiger partial charge < -0.3 is 10.6 Å². The van der Waals surface area contributed by atoms with Crippen molar-refractivity contribution < 1.29 is 4.79 Å². The lowest BCUT2D eigenvalue weighted by atomic mass is 9.99. The van der Waals surface area contributed by atoms with E-state index < -0.39 is 0 Å². The Labute approximate surface area is 129 Å². The number of rotatable bonds is 5. The van der Waals surface area contributed by atoms with Crippen molar-refractivity contribution in [3.8, 4) is 0 Å². The maximum atomic E-state index is 12.4. The van der Waals surface area contributed by atoms with E-state index in [0.717, 1.165) is 25.9 Å². The van der Waals surface area contributed by atoms with Crippen LogP contribution in [0.25, 0.3) is 0 Å². The molecule has 1 amide bonds. The van der Waals surface area contributed by atoms with E-state index in [1.807, 2.05) is 4.90 Å². The summed E-state index contributed by atoms with van der Waals surface area (Å²) in [4.78, 5) is 14.4. The summed E-state index contributed by atoms with van der Waals surface area (Å²) in [6, 6.07) is 1.10. The zero-order valence-corrected chi connectivity index (χ0v) is 13.7. The Morgan fingerprint density at radius 2 is 1.76 bits per heavy atom. The predicted octanol–water partition coefficient (Wildman–Crippen LogP) is 1.48. The summed E-state index contributed by atoms with van der Waals surface area (Å²) in [5.74, 6) is 0.259. The van der Waals surface area contributed by atoms with Gasteiger partial charge in [-0.1, -0.05) is 6.42 Å². The molecule has 3 atom stereocenters. The third-order valence-electron chi connectivity index (χ3n) is 4.94. The molecule has 2 fully saturated rings. The number of nitrogens with zero attached hydrogens (tertiary/aromatic N) is 2. The molecule has 21 heavy (non-hydrogen) atoms. The van der Waals surface area contributed by atoms with Crippen molar-refractivity contribution in [2.24, 2.45) is 5.73 Å². The Hall–Kier alpha value is -0.650. The number of hydrogen-bond donors (Lipinski definition) is 2. The number of likely N-dealkylation sites (tertiary alicyclic amines) is 1. The number of hydrogen-bond acceptors (Lipinski definition) is 4. The largest absolute Gasteiger partial charge is 0.343 e. The second-order valence-electron chi connectivity index (χ2n) is 6.74. The van der Waals surface area contributed by atoms with Gasteiger partial charge in [-0.15, -0.1) is 0 Å². The average Bonchev–Trinajstić information content (AvgIpc) is 2.50. The van der Waals surface area contributed by atoms with Gasteiger partial charge in [0, 0.05) is 44.2 Å². The lowest BCUT2D eigenvalue weighted by Gasteiger charge is -2.41. The zero-order valence-electron chi connectivity index (χ0n) is 13.7. The number of nitrogens with two attached hydrogens (primary N) is 1. The summed E-state index contributed by atoms with van der Waals surface area (Å²) < 4.78 is 0. The first-order valence-electron chi connectivity index (χ1n) is 8.64. The standard InChI is InChI=1S/C16H32N4O/c1-13-7-6-8-14(2)20(13)18-15(12-17)11-16(21)19-9-4-3-5-10-19/h13-15,18H,3-12,17H2,1-2H3. The van der Waals surface area contributed by atoms with Gasteiger partial charge in [0.1, 0.15) is 0 Å². The summed E-state index contributed by atoms with van der Waals surface area (Å²) in [6.45, 7) is 6.86. The van der Waals surface area contributed by atoms with E-state index in [1.54, 1.807) is 0 Å². The minimum Gasteiger partial charge on any atom is -0.343 e. The van der Waals surface area contributed by atoms with Crippen molar-refractivity contribution in [2.75, 3.05) is 19.6 Å². The smallest absolute Gasteiger partial charge is 0.224 e. The van der Waals surface area contributed by atoms with Gasteiger partial charge >= 0.3 is 0 Å². The van der Waals surface area contributed by atoms with Crippen LogP contribution in [-0.4, -0.2) is 53.6 Å². The Bertz CT molecular complexity index is 320. The van der Waals surface area contributed by atoms with Gasteiger partial charge in [0.15, 0.2) is 0 Å². The monoisotopic (exact) mass is 296 g/mol. The molecule has 122 valence electrons. The van der Waals surface area contributed by atoms with E-state index in [0.29, 0.717) is 25.0 Å². The second-order valence-corrected chi connectivity index (χ2v) is 6.74. The summed E-state index contributed by atoms with van der Waals surface area (Å²) in [5.41, 5.74) is 9.43. The summed E-state index contributed by atoms with van der Waals surface area (Å²) >= 11 is 0. The van der Waals surface area contributed by atoms with Crippen LogP contribution in [0.4, 0.5) is 0 Å². The van der Waals surface area contributed by atoms with Crippen LogP contribution in [0, 0.1) is 0 Å². The van der Waals surface area contributed by atoms with Gasteiger partial charge in [-0.3, -0.25) is 4.79 Å². The summed E-state index contributed by atoms with van der Waals surface area (Å²) in [7, 11) is 0. The van der Waals surface area contributed by atoms with Crippen LogP contribution in [0.1, 0.15) is 58.8 Å². The lowest BCUT2D eigenvalue weighted by Crippen LogP contribution is -2.58. The van der Waals surface area contributed by atoms with Crippen molar-refractivity contribution in [1.82, 2.24) is 15.3 Å². The molecule has 5 nitrogen and oxygen atoms in total. The molecule has 0 aliphatic carbocycles. The number of amides is 1. The van der Waals surface area contributed by atoms with Gasteiger partial charge in [-0.05, 0) is 46.0 Å². The zero-order chi connectivity index (χ0) is 15.2. The molecule has 3 N–H and O–H groups in total. The first kappa shape index (κ1) is 16.7. The minimum absolute atomic E-state index is 0.0578. The highest BCUT2D eigenvalue weighted by Gasteiger charge is 2.28. The third-order valence-corrected chi connectivity index (χ3v) is 4.94. The van der Waals surface area contributed by atoms with Crippen LogP contribution in [0.15, 0.2) is 0 Å². The number of hydrazine groups is 1. The van der Waals surface area contributed by atoms with Gasteiger partial charge in [0.2, 0.25) is 5.91 Å². The average molecular weight is 296 g/mol. The summed E-state index contributed by atoms with van der Waals surface area (Å²) in [6.07, 6.45) is 7.79. The van der Waals surface area contributed by atoms with E-state index in [9.17, 15) is 4.79 Å². The quantitative estimate of drug-likeness (QED) is 0.807. The summed E-state index contributed by atoms with van der Waals surface area (Å²) in [5, 5.41) is 2.32. The van der Waals surface area contributed by atoms with Crippen LogP contribution >= 0.6 is 0 Å². The first-order chi connectivity index (χ1) is 10.1. The molecule has 2 saturated heterocycles.